The number of likely N-dealkylation sites (tertiary alicyclic amines) is 2. The van der Waals surface area contributed by atoms with Gasteiger partial charge in [0.1, 0.15) is 12.2 Å². The van der Waals surface area contributed by atoms with E-state index in [-0.39, 0.29) is 37.7 Å². The molecule has 2 N–H and O–H groups in total. The normalized spacial score (nSPS) is 41.6. The van der Waals surface area contributed by atoms with Crippen molar-refractivity contribution in [3.8, 4) is 0 Å². The molecule has 0 radical (unpaired) electrons. The van der Waals surface area contributed by atoms with Crippen molar-refractivity contribution in [2.24, 2.45) is 0 Å². The minimum absolute atomic E-state index is 0.105. The Morgan fingerprint density at radius 2 is 1.27 bits per heavy atom. The Kier molecular flexibility index (Phi) is 3.67. The summed E-state index contributed by atoms with van der Waals surface area (Å²) in [6.07, 6.45) is -1.17. The van der Waals surface area contributed by atoms with Crippen LogP contribution in [-0.2, 0) is 19.1 Å². The number of hydrogen-bond donors (Lipinski definition) is 2. The third kappa shape index (κ3) is 2.50. The summed E-state index contributed by atoms with van der Waals surface area (Å²) in [6.45, 7) is 4.00. The molecule has 0 aliphatic carbocycles. The number of rotatable bonds is 0. The van der Waals surface area contributed by atoms with Crippen LogP contribution in [0.5, 0.6) is 0 Å². The molecule has 8 nitrogen and oxygen atoms in total. The fourth-order valence-corrected chi connectivity index (χ4v) is 3.37. The first-order valence-corrected chi connectivity index (χ1v) is 7.55. The number of ether oxygens (including phenoxy) is 2. The largest absolute Gasteiger partial charge is 0.363 e. The van der Waals surface area contributed by atoms with Gasteiger partial charge in [-0.05, 0) is 0 Å². The van der Waals surface area contributed by atoms with E-state index in [0.717, 1.165) is 0 Å². The molecule has 2 amide bonds. The van der Waals surface area contributed by atoms with E-state index < -0.39 is 23.8 Å². The lowest BCUT2D eigenvalue weighted by Crippen LogP contribution is -2.72. The average Bonchev–Trinajstić information content (AvgIpc) is 2.43. The van der Waals surface area contributed by atoms with E-state index in [1.54, 1.807) is 9.80 Å². The highest BCUT2D eigenvalue weighted by molar-refractivity contribution is 5.73. The zero-order valence-corrected chi connectivity index (χ0v) is 12.8. The molecule has 3 aliphatic heterocycles. The van der Waals surface area contributed by atoms with Crippen molar-refractivity contribution in [3.63, 3.8) is 0 Å². The van der Waals surface area contributed by atoms with Gasteiger partial charge >= 0.3 is 0 Å². The number of amides is 2. The first-order chi connectivity index (χ1) is 10.2. The highest BCUT2D eigenvalue weighted by Gasteiger charge is 2.59. The van der Waals surface area contributed by atoms with Gasteiger partial charge in [-0.2, -0.15) is 0 Å². The van der Waals surface area contributed by atoms with Crippen molar-refractivity contribution < 1.29 is 29.3 Å². The minimum Gasteiger partial charge on any atom is -0.363 e. The number of nitrogens with zero attached hydrogens (tertiary/aromatic N) is 2. The van der Waals surface area contributed by atoms with Crippen LogP contribution in [0.2, 0.25) is 0 Å². The van der Waals surface area contributed by atoms with Crippen LogP contribution >= 0.6 is 0 Å². The summed E-state index contributed by atoms with van der Waals surface area (Å²) in [5.41, 5.74) is 0. The molecule has 0 spiro atoms. The van der Waals surface area contributed by atoms with Gasteiger partial charge in [0.2, 0.25) is 11.8 Å². The van der Waals surface area contributed by atoms with Crippen molar-refractivity contribution >= 4 is 11.8 Å². The summed E-state index contributed by atoms with van der Waals surface area (Å²) in [7, 11) is 0. The van der Waals surface area contributed by atoms with Crippen molar-refractivity contribution in [1.82, 2.24) is 9.80 Å². The summed E-state index contributed by atoms with van der Waals surface area (Å²) in [4.78, 5) is 26.1. The average molecular weight is 314 g/mol. The quantitative estimate of drug-likeness (QED) is 0.574. The molecule has 3 fully saturated rings. The fourth-order valence-electron chi connectivity index (χ4n) is 3.37. The van der Waals surface area contributed by atoms with E-state index in [4.69, 9.17) is 9.47 Å². The Balaban J connectivity index is 1.78. The van der Waals surface area contributed by atoms with E-state index in [0.29, 0.717) is 13.1 Å². The molecular weight excluding hydrogens is 292 g/mol. The fraction of sp³-hybridized carbons (Fsp3) is 0.857. The second kappa shape index (κ2) is 5.16. The van der Waals surface area contributed by atoms with Gasteiger partial charge in [-0.25, -0.2) is 0 Å². The monoisotopic (exact) mass is 314 g/mol. The number of hydrogen-bond acceptors (Lipinski definition) is 6. The number of aliphatic hydroxyl groups is 2. The predicted molar refractivity (Wildman–Crippen MR) is 73.4 cm³/mol. The molecule has 0 aromatic carbocycles. The van der Waals surface area contributed by atoms with Gasteiger partial charge in [-0.15, -0.1) is 0 Å². The van der Waals surface area contributed by atoms with E-state index in [1.807, 2.05) is 0 Å². The summed E-state index contributed by atoms with van der Waals surface area (Å²) in [5.74, 6) is -3.29. The third-order valence-corrected chi connectivity index (χ3v) is 4.84. The second-order valence-corrected chi connectivity index (χ2v) is 6.33. The summed E-state index contributed by atoms with van der Waals surface area (Å²) in [6, 6.07) is 0. The van der Waals surface area contributed by atoms with Crippen LogP contribution in [0.15, 0.2) is 0 Å². The Morgan fingerprint density at radius 1 is 0.909 bits per heavy atom. The number of fused-ring (bicyclic) bond motifs is 2. The molecule has 0 aromatic heterocycles. The van der Waals surface area contributed by atoms with Crippen LogP contribution in [0.1, 0.15) is 26.7 Å². The highest BCUT2D eigenvalue weighted by Crippen LogP contribution is 2.41. The van der Waals surface area contributed by atoms with Crippen molar-refractivity contribution in [2.45, 2.75) is 50.5 Å². The molecule has 0 saturated carbocycles. The maximum atomic E-state index is 11.5. The Morgan fingerprint density at radius 3 is 1.59 bits per heavy atom. The number of piperidine rings is 2. The lowest BCUT2D eigenvalue weighted by Gasteiger charge is -2.56. The van der Waals surface area contributed by atoms with E-state index >= 15 is 0 Å². The van der Waals surface area contributed by atoms with Gasteiger partial charge in [0.15, 0.2) is 11.6 Å². The van der Waals surface area contributed by atoms with E-state index in [9.17, 15) is 19.8 Å². The molecule has 0 aromatic rings. The Labute approximate surface area is 128 Å². The van der Waals surface area contributed by atoms with Crippen LogP contribution < -0.4 is 0 Å². The molecule has 22 heavy (non-hydrogen) atoms. The van der Waals surface area contributed by atoms with Gasteiger partial charge in [-0.3, -0.25) is 9.59 Å². The lowest BCUT2D eigenvalue weighted by atomic mass is 9.92. The van der Waals surface area contributed by atoms with E-state index in [2.05, 4.69) is 0 Å². The van der Waals surface area contributed by atoms with Gasteiger partial charge in [0.05, 0.1) is 13.1 Å². The van der Waals surface area contributed by atoms with Crippen LogP contribution in [0.3, 0.4) is 0 Å². The van der Waals surface area contributed by atoms with Crippen LogP contribution in [-0.4, -0.2) is 81.8 Å². The molecule has 124 valence electrons. The summed E-state index contributed by atoms with van der Waals surface area (Å²) < 4.78 is 11.5. The Bertz CT molecular complexity index is 456. The molecule has 8 heteroatoms. The first-order valence-electron chi connectivity index (χ1n) is 7.55. The number of carbonyl (C=O) groups excluding carboxylic acids is 2. The summed E-state index contributed by atoms with van der Waals surface area (Å²) >= 11 is 0. The van der Waals surface area contributed by atoms with Crippen LogP contribution in [0.4, 0.5) is 0 Å². The smallest absolute Gasteiger partial charge is 0.219 e. The van der Waals surface area contributed by atoms with Gasteiger partial charge in [0, 0.05) is 39.8 Å². The van der Waals surface area contributed by atoms with Crippen molar-refractivity contribution in [2.75, 3.05) is 26.2 Å². The van der Waals surface area contributed by atoms with Crippen LogP contribution in [0.25, 0.3) is 0 Å². The molecule has 4 unspecified atom stereocenters. The third-order valence-electron chi connectivity index (χ3n) is 4.84. The Hall–Kier alpha value is -1.22. The van der Waals surface area contributed by atoms with Crippen molar-refractivity contribution in [3.05, 3.63) is 0 Å². The molecule has 3 rings (SSSR count). The maximum absolute atomic E-state index is 11.5. The molecule has 0 bridgehead atoms. The van der Waals surface area contributed by atoms with E-state index in [1.165, 1.54) is 13.8 Å². The highest BCUT2D eigenvalue weighted by atomic mass is 16.7. The SMILES string of the molecule is CC(=O)N1CCC2(O)OC3CN(C(C)=O)CCC3(O)OC2C1. The van der Waals surface area contributed by atoms with Crippen LogP contribution in [0, 0.1) is 0 Å². The topological polar surface area (TPSA) is 99.5 Å². The molecule has 4 atom stereocenters. The number of carbonyl (C=O) groups is 2. The zero-order valence-electron chi connectivity index (χ0n) is 12.8. The lowest BCUT2D eigenvalue weighted by molar-refractivity contribution is -0.438. The standard InChI is InChI=1S/C14H22N2O6/c1-9(17)15-5-3-13(19)11(7-15)21-14(20)4-6-16(10(2)18)8-12(14)22-13/h11-12,19-20H,3-8H2,1-2H3. The van der Waals surface area contributed by atoms with Crippen molar-refractivity contribution in [1.29, 1.82) is 0 Å². The molecule has 3 saturated heterocycles. The minimum atomic E-state index is -1.54. The van der Waals surface area contributed by atoms with Gasteiger partial charge in [-0.1, -0.05) is 0 Å². The molecule has 3 aliphatic rings. The zero-order chi connectivity index (χ0) is 16.1. The second-order valence-electron chi connectivity index (χ2n) is 6.33. The molecular formula is C14H22N2O6. The predicted octanol–water partition coefficient (Wildman–Crippen LogP) is -1.35. The molecule has 3 heterocycles. The van der Waals surface area contributed by atoms with Gasteiger partial charge in [0.25, 0.3) is 0 Å². The maximum Gasteiger partial charge on any atom is 0.219 e. The summed E-state index contributed by atoms with van der Waals surface area (Å²) in [5, 5.41) is 21.3. The van der Waals surface area contributed by atoms with Gasteiger partial charge < -0.3 is 29.5 Å². The first kappa shape index (κ1) is 15.7.